The number of amides is 2. The predicted octanol–water partition coefficient (Wildman–Crippen LogP) is 1.91. The van der Waals surface area contributed by atoms with Crippen molar-refractivity contribution < 1.29 is 14.3 Å². The van der Waals surface area contributed by atoms with Gasteiger partial charge in [-0.3, -0.25) is 0 Å². The maximum atomic E-state index is 13.4. The minimum Gasteiger partial charge on any atom is -0.386 e. The van der Waals surface area contributed by atoms with Crippen molar-refractivity contribution in [2.24, 2.45) is 0 Å². The molecule has 0 aliphatic carbocycles. The summed E-state index contributed by atoms with van der Waals surface area (Å²) in [6.45, 7) is 1.86. The number of hydrogen-bond donors (Lipinski definition) is 3. The van der Waals surface area contributed by atoms with E-state index in [1.54, 1.807) is 23.9 Å². The fourth-order valence-corrected chi connectivity index (χ4v) is 2.19. The van der Waals surface area contributed by atoms with E-state index in [9.17, 15) is 14.3 Å². The number of carbonyl (C=O) groups excluding carboxylic acids is 1. The summed E-state index contributed by atoms with van der Waals surface area (Å²) < 4.78 is 13.4. The number of nitrogens with one attached hydrogen (secondary N) is 2. The van der Waals surface area contributed by atoms with Crippen LogP contribution in [0.1, 0.15) is 18.6 Å². The lowest BCUT2D eigenvalue weighted by atomic mass is 10.1. The molecule has 3 N–H and O–H groups in total. The van der Waals surface area contributed by atoms with E-state index in [1.807, 2.05) is 13.2 Å². The van der Waals surface area contributed by atoms with Crippen LogP contribution < -0.4 is 10.6 Å². The van der Waals surface area contributed by atoms with Crippen LogP contribution in [0.4, 0.5) is 9.18 Å². The highest BCUT2D eigenvalue weighted by Gasteiger charge is 2.13. The molecule has 0 fully saturated rings. The van der Waals surface area contributed by atoms with Crippen LogP contribution in [-0.4, -0.2) is 35.7 Å². The molecule has 2 atom stereocenters. The van der Waals surface area contributed by atoms with E-state index in [2.05, 4.69) is 10.6 Å². The first-order valence-corrected chi connectivity index (χ1v) is 7.39. The molecule has 0 radical (unpaired) electrons. The molecule has 4 nitrogen and oxygen atoms in total. The first kappa shape index (κ1) is 15.8. The third-order valence-corrected chi connectivity index (χ3v) is 3.35. The molecule has 0 aromatic heterocycles. The van der Waals surface area contributed by atoms with Crippen molar-refractivity contribution in [1.82, 2.24) is 10.6 Å². The van der Waals surface area contributed by atoms with Crippen LogP contribution in [-0.2, 0) is 0 Å². The fourth-order valence-electron chi connectivity index (χ4n) is 1.61. The minimum atomic E-state index is -1.05. The molecule has 19 heavy (non-hydrogen) atoms. The Bertz CT molecular complexity index is 417. The zero-order chi connectivity index (χ0) is 14.3. The van der Waals surface area contributed by atoms with Crippen molar-refractivity contribution >= 4 is 17.8 Å². The zero-order valence-electron chi connectivity index (χ0n) is 11.0. The van der Waals surface area contributed by atoms with Gasteiger partial charge in [0.05, 0.1) is 6.10 Å². The maximum Gasteiger partial charge on any atom is 0.315 e. The number of halogens is 1. The average molecular weight is 286 g/mol. The summed E-state index contributed by atoms with van der Waals surface area (Å²) >= 11 is 1.63. The molecule has 0 saturated carbocycles. The molecule has 1 aromatic rings. The molecule has 0 heterocycles. The van der Waals surface area contributed by atoms with Crippen molar-refractivity contribution in [3.8, 4) is 0 Å². The monoisotopic (exact) mass is 286 g/mol. The second-order valence-electron chi connectivity index (χ2n) is 4.25. The van der Waals surface area contributed by atoms with E-state index in [0.717, 1.165) is 5.75 Å². The average Bonchev–Trinajstić information content (AvgIpc) is 2.36. The summed E-state index contributed by atoms with van der Waals surface area (Å²) in [6.07, 6.45) is 0.903. The lowest BCUT2D eigenvalue weighted by Gasteiger charge is -2.16. The number of thioether (sulfide) groups is 1. The van der Waals surface area contributed by atoms with Gasteiger partial charge in [0.1, 0.15) is 5.82 Å². The van der Waals surface area contributed by atoms with E-state index >= 15 is 0 Å². The molecule has 106 valence electrons. The van der Waals surface area contributed by atoms with Crippen molar-refractivity contribution in [2.75, 3.05) is 18.6 Å². The van der Waals surface area contributed by atoms with Gasteiger partial charge >= 0.3 is 6.03 Å². The van der Waals surface area contributed by atoms with E-state index in [4.69, 9.17) is 0 Å². The SMILES string of the molecule is CSCC(C)NC(=O)NCC(O)c1ccccc1F. The Morgan fingerprint density at radius 1 is 1.47 bits per heavy atom. The molecule has 1 aromatic carbocycles. The number of aliphatic hydroxyl groups is 1. The largest absolute Gasteiger partial charge is 0.386 e. The van der Waals surface area contributed by atoms with Gasteiger partial charge in [-0.05, 0) is 19.2 Å². The number of benzene rings is 1. The number of hydrogen-bond acceptors (Lipinski definition) is 3. The molecular weight excluding hydrogens is 267 g/mol. The summed E-state index contributed by atoms with van der Waals surface area (Å²) in [5.74, 6) is 0.330. The molecule has 0 saturated heterocycles. The van der Waals surface area contributed by atoms with Gasteiger partial charge in [0.25, 0.3) is 0 Å². The van der Waals surface area contributed by atoms with Gasteiger partial charge < -0.3 is 15.7 Å². The number of aliphatic hydroxyl groups excluding tert-OH is 1. The highest BCUT2D eigenvalue weighted by molar-refractivity contribution is 7.98. The van der Waals surface area contributed by atoms with Crippen LogP contribution in [0.15, 0.2) is 24.3 Å². The first-order chi connectivity index (χ1) is 9.04. The molecule has 0 bridgehead atoms. The molecule has 6 heteroatoms. The summed E-state index contributed by atoms with van der Waals surface area (Å²) in [7, 11) is 0. The fraction of sp³-hybridized carbons (Fsp3) is 0.462. The first-order valence-electron chi connectivity index (χ1n) is 6.00. The molecule has 0 aliphatic rings. The van der Waals surface area contributed by atoms with E-state index < -0.39 is 11.9 Å². The smallest absolute Gasteiger partial charge is 0.315 e. The Hall–Kier alpha value is -1.27. The van der Waals surface area contributed by atoms with Crippen LogP contribution in [0.2, 0.25) is 0 Å². The third-order valence-electron chi connectivity index (χ3n) is 2.51. The van der Waals surface area contributed by atoms with Gasteiger partial charge in [-0.25, -0.2) is 9.18 Å². The van der Waals surface area contributed by atoms with Gasteiger partial charge in [0.15, 0.2) is 0 Å². The molecule has 0 aliphatic heterocycles. The van der Waals surface area contributed by atoms with Gasteiger partial charge in [-0.1, -0.05) is 18.2 Å². The number of rotatable bonds is 6. The molecule has 2 amide bonds. The second-order valence-corrected chi connectivity index (χ2v) is 5.16. The van der Waals surface area contributed by atoms with Crippen LogP contribution in [0.5, 0.6) is 0 Å². The highest BCUT2D eigenvalue weighted by atomic mass is 32.2. The summed E-state index contributed by atoms with van der Waals surface area (Å²) in [4.78, 5) is 11.5. The second kappa shape index (κ2) is 8.01. The standard InChI is InChI=1S/C13H19FN2O2S/c1-9(8-19-2)16-13(18)15-7-12(17)10-5-3-4-6-11(10)14/h3-6,9,12,17H,7-8H2,1-2H3,(H2,15,16,18). The Kier molecular flexibility index (Phi) is 6.66. The number of urea groups is 1. The maximum absolute atomic E-state index is 13.4. The van der Waals surface area contributed by atoms with Crippen LogP contribution in [0.3, 0.4) is 0 Å². The topological polar surface area (TPSA) is 61.4 Å². The Labute approximate surface area is 116 Å². The molecule has 2 unspecified atom stereocenters. The zero-order valence-corrected chi connectivity index (χ0v) is 11.8. The summed E-state index contributed by atoms with van der Waals surface area (Å²) in [5.41, 5.74) is 0.181. The summed E-state index contributed by atoms with van der Waals surface area (Å²) in [5, 5.41) is 15.0. The minimum absolute atomic E-state index is 0.0290. The van der Waals surface area contributed by atoms with Crippen LogP contribution >= 0.6 is 11.8 Å². The Morgan fingerprint density at radius 2 is 2.16 bits per heavy atom. The van der Waals surface area contributed by atoms with Gasteiger partial charge in [0, 0.05) is 23.9 Å². The Morgan fingerprint density at radius 3 is 2.79 bits per heavy atom. The highest BCUT2D eigenvalue weighted by Crippen LogP contribution is 2.15. The number of carbonyl (C=O) groups is 1. The quantitative estimate of drug-likeness (QED) is 0.748. The molecular formula is C13H19FN2O2S. The van der Waals surface area contributed by atoms with Gasteiger partial charge in [0.2, 0.25) is 0 Å². The summed E-state index contributed by atoms with van der Waals surface area (Å²) in [6, 6.07) is 5.64. The normalized spacial score (nSPS) is 13.7. The Balaban J connectivity index is 2.40. The van der Waals surface area contributed by atoms with Crippen molar-refractivity contribution in [2.45, 2.75) is 19.1 Å². The van der Waals surface area contributed by atoms with Crippen LogP contribution in [0.25, 0.3) is 0 Å². The molecule has 1 rings (SSSR count). The van der Waals surface area contributed by atoms with Crippen molar-refractivity contribution in [3.05, 3.63) is 35.6 Å². The van der Waals surface area contributed by atoms with E-state index in [1.165, 1.54) is 12.1 Å². The molecule has 0 spiro atoms. The van der Waals surface area contributed by atoms with E-state index in [-0.39, 0.29) is 24.2 Å². The van der Waals surface area contributed by atoms with Crippen molar-refractivity contribution in [3.63, 3.8) is 0 Å². The predicted molar refractivity (Wildman–Crippen MR) is 75.7 cm³/mol. The van der Waals surface area contributed by atoms with Crippen LogP contribution in [0, 0.1) is 5.82 Å². The van der Waals surface area contributed by atoms with E-state index in [0.29, 0.717) is 0 Å². The van der Waals surface area contributed by atoms with Crippen molar-refractivity contribution in [1.29, 1.82) is 0 Å². The van der Waals surface area contributed by atoms with Gasteiger partial charge in [-0.2, -0.15) is 11.8 Å². The third kappa shape index (κ3) is 5.48. The van der Waals surface area contributed by atoms with Gasteiger partial charge in [-0.15, -0.1) is 0 Å². The lowest BCUT2D eigenvalue weighted by Crippen LogP contribution is -2.43. The lowest BCUT2D eigenvalue weighted by molar-refractivity contribution is 0.168.